The zero-order chi connectivity index (χ0) is 23.0. The van der Waals surface area contributed by atoms with E-state index >= 15 is 0 Å². The van der Waals surface area contributed by atoms with Gasteiger partial charge >= 0.3 is 0 Å². The first-order valence-corrected chi connectivity index (χ1v) is 11.9. The topological polar surface area (TPSA) is 59.1 Å². The van der Waals surface area contributed by atoms with Crippen molar-refractivity contribution >= 4 is 11.8 Å². The third kappa shape index (κ3) is 4.31. The number of hydrogen-bond acceptors (Lipinski definition) is 4. The minimum absolute atomic E-state index is 0.0432. The number of methoxy groups -OCH3 is 2. The summed E-state index contributed by atoms with van der Waals surface area (Å²) in [5.74, 6) is 2.08. The number of ether oxygens (including phenoxy) is 2. The van der Waals surface area contributed by atoms with Gasteiger partial charge in [-0.3, -0.25) is 9.59 Å². The molecule has 1 saturated carbocycles. The molecule has 6 heteroatoms. The molecule has 0 aromatic heterocycles. The molecule has 33 heavy (non-hydrogen) atoms. The maximum Gasteiger partial charge on any atom is 0.254 e. The quantitative estimate of drug-likeness (QED) is 0.696. The summed E-state index contributed by atoms with van der Waals surface area (Å²) < 4.78 is 10.7. The second-order valence-corrected chi connectivity index (χ2v) is 9.75. The van der Waals surface area contributed by atoms with Crippen molar-refractivity contribution in [2.45, 2.75) is 38.6 Å². The molecule has 1 aliphatic carbocycles. The largest absolute Gasteiger partial charge is 0.497 e. The molecule has 2 fully saturated rings. The average molecular weight is 449 g/mol. The van der Waals surface area contributed by atoms with E-state index in [0.717, 1.165) is 13.0 Å². The van der Waals surface area contributed by atoms with Crippen LogP contribution in [0.4, 0.5) is 0 Å². The van der Waals surface area contributed by atoms with E-state index < -0.39 is 5.41 Å². The van der Waals surface area contributed by atoms with Crippen LogP contribution in [0, 0.1) is 11.3 Å². The number of piperidine rings is 1. The number of likely N-dealkylation sites (tertiary alicyclic amines) is 1. The van der Waals surface area contributed by atoms with Crippen molar-refractivity contribution in [1.29, 1.82) is 0 Å². The molecule has 0 radical (unpaired) electrons. The van der Waals surface area contributed by atoms with Crippen LogP contribution in [0.1, 0.15) is 47.2 Å². The lowest BCUT2D eigenvalue weighted by molar-refractivity contribution is -0.145. The lowest BCUT2D eigenvalue weighted by Gasteiger charge is -2.42. The fourth-order valence-electron chi connectivity index (χ4n) is 5.34. The first-order chi connectivity index (χ1) is 16.0. The molecule has 2 heterocycles. The van der Waals surface area contributed by atoms with Crippen molar-refractivity contribution in [3.05, 3.63) is 59.2 Å². The third-order valence-electron chi connectivity index (χ3n) is 7.53. The standard InChI is InChI=1S/C27H32N2O4/c1-32-23-13-22(14-24(15-23)33-2)25(30)28-11-9-27(10-12-28)16-20-5-3-4-6-21(20)18-29(26(27)31)17-19-7-8-19/h3-6,13-15,19H,7-12,16-18H2,1-2H3. The summed E-state index contributed by atoms with van der Waals surface area (Å²) in [4.78, 5) is 31.1. The highest BCUT2D eigenvalue weighted by atomic mass is 16.5. The first-order valence-electron chi connectivity index (χ1n) is 11.9. The second-order valence-electron chi connectivity index (χ2n) is 9.75. The van der Waals surface area contributed by atoms with Gasteiger partial charge in [-0.05, 0) is 61.3 Å². The van der Waals surface area contributed by atoms with Crippen molar-refractivity contribution in [3.63, 3.8) is 0 Å². The van der Waals surface area contributed by atoms with Crippen LogP contribution in [0.25, 0.3) is 0 Å². The van der Waals surface area contributed by atoms with Gasteiger partial charge in [-0.1, -0.05) is 24.3 Å². The Kier molecular flexibility index (Phi) is 5.77. The maximum atomic E-state index is 13.9. The van der Waals surface area contributed by atoms with Gasteiger partial charge in [0.15, 0.2) is 0 Å². The van der Waals surface area contributed by atoms with Crippen LogP contribution in [0.3, 0.4) is 0 Å². The van der Waals surface area contributed by atoms with Gasteiger partial charge in [0, 0.05) is 37.8 Å². The summed E-state index contributed by atoms with van der Waals surface area (Å²) >= 11 is 0. The molecular weight excluding hydrogens is 416 g/mol. The molecule has 5 rings (SSSR count). The van der Waals surface area contributed by atoms with Crippen molar-refractivity contribution in [2.24, 2.45) is 11.3 Å². The number of rotatable bonds is 5. The molecule has 6 nitrogen and oxygen atoms in total. The van der Waals surface area contributed by atoms with E-state index in [2.05, 4.69) is 29.2 Å². The molecule has 3 aliphatic rings. The summed E-state index contributed by atoms with van der Waals surface area (Å²) in [6.45, 7) is 2.72. The van der Waals surface area contributed by atoms with Gasteiger partial charge in [0.2, 0.25) is 5.91 Å². The Hall–Kier alpha value is -3.02. The van der Waals surface area contributed by atoms with Gasteiger partial charge < -0.3 is 19.3 Å². The zero-order valence-corrected chi connectivity index (χ0v) is 19.5. The lowest BCUT2D eigenvalue weighted by atomic mass is 9.72. The van der Waals surface area contributed by atoms with Crippen LogP contribution in [0.15, 0.2) is 42.5 Å². The highest BCUT2D eigenvalue weighted by molar-refractivity contribution is 5.95. The number of carbonyl (C=O) groups is 2. The van der Waals surface area contributed by atoms with E-state index in [9.17, 15) is 9.59 Å². The first kappa shape index (κ1) is 21.8. The van der Waals surface area contributed by atoms with Crippen LogP contribution >= 0.6 is 0 Å². The van der Waals surface area contributed by atoms with Crippen molar-refractivity contribution < 1.29 is 19.1 Å². The molecule has 174 valence electrons. The van der Waals surface area contributed by atoms with Crippen LogP contribution in [-0.2, 0) is 17.8 Å². The molecule has 1 spiro atoms. The van der Waals surface area contributed by atoms with Crippen LogP contribution < -0.4 is 9.47 Å². The van der Waals surface area contributed by atoms with Gasteiger partial charge in [0.05, 0.1) is 19.6 Å². The Morgan fingerprint density at radius 2 is 1.64 bits per heavy atom. The normalized spacial score (nSPS) is 19.8. The average Bonchev–Trinajstić information content (AvgIpc) is 3.68. The molecule has 2 aliphatic heterocycles. The molecule has 1 saturated heterocycles. The summed E-state index contributed by atoms with van der Waals surface area (Å²) in [5.41, 5.74) is 2.67. The number of amides is 2. The fourth-order valence-corrected chi connectivity index (χ4v) is 5.34. The smallest absolute Gasteiger partial charge is 0.254 e. The highest BCUT2D eigenvalue weighted by Gasteiger charge is 2.47. The molecule has 2 aromatic rings. The number of carbonyl (C=O) groups excluding carboxylic acids is 2. The molecule has 0 N–H and O–H groups in total. The van der Waals surface area contributed by atoms with E-state index in [0.29, 0.717) is 55.5 Å². The van der Waals surface area contributed by atoms with Gasteiger partial charge in [-0.2, -0.15) is 0 Å². The fraction of sp³-hybridized carbons (Fsp3) is 0.481. The predicted molar refractivity (Wildman–Crippen MR) is 125 cm³/mol. The minimum Gasteiger partial charge on any atom is -0.497 e. The van der Waals surface area contributed by atoms with Crippen LogP contribution in [0.5, 0.6) is 11.5 Å². The lowest BCUT2D eigenvalue weighted by Crippen LogP contribution is -2.51. The van der Waals surface area contributed by atoms with Gasteiger partial charge in [-0.25, -0.2) is 0 Å². The Morgan fingerprint density at radius 3 is 2.24 bits per heavy atom. The van der Waals surface area contributed by atoms with E-state index in [-0.39, 0.29) is 11.8 Å². The molecule has 2 aromatic carbocycles. The number of hydrogen-bond donors (Lipinski definition) is 0. The number of fused-ring (bicyclic) bond motifs is 1. The number of benzene rings is 2. The van der Waals surface area contributed by atoms with E-state index in [1.807, 2.05) is 4.90 Å². The summed E-state index contributed by atoms with van der Waals surface area (Å²) in [5, 5.41) is 0. The third-order valence-corrected chi connectivity index (χ3v) is 7.53. The Balaban J connectivity index is 1.37. The zero-order valence-electron chi connectivity index (χ0n) is 19.5. The SMILES string of the molecule is COc1cc(OC)cc(C(=O)N2CCC3(CC2)Cc2ccccc2CN(CC2CC2)C3=O)c1. The van der Waals surface area contributed by atoms with Crippen molar-refractivity contribution in [2.75, 3.05) is 33.9 Å². The number of nitrogens with zero attached hydrogens (tertiary/aromatic N) is 2. The highest BCUT2D eigenvalue weighted by Crippen LogP contribution is 2.42. The Bertz CT molecular complexity index is 1030. The van der Waals surface area contributed by atoms with E-state index in [1.165, 1.54) is 24.0 Å². The van der Waals surface area contributed by atoms with Crippen LogP contribution in [0.2, 0.25) is 0 Å². The van der Waals surface area contributed by atoms with Gasteiger partial charge in [0.25, 0.3) is 5.91 Å². The summed E-state index contributed by atoms with van der Waals surface area (Å²) in [6.07, 6.45) is 4.59. The van der Waals surface area contributed by atoms with E-state index in [1.54, 1.807) is 32.4 Å². The molecular formula is C27H32N2O4. The van der Waals surface area contributed by atoms with Gasteiger partial charge in [0.1, 0.15) is 11.5 Å². The minimum atomic E-state index is -0.426. The maximum absolute atomic E-state index is 13.9. The Morgan fingerprint density at radius 1 is 1.00 bits per heavy atom. The Labute approximate surface area is 195 Å². The van der Waals surface area contributed by atoms with Crippen LogP contribution in [-0.4, -0.2) is 55.5 Å². The molecule has 0 unspecified atom stereocenters. The van der Waals surface area contributed by atoms with Crippen molar-refractivity contribution in [1.82, 2.24) is 9.80 Å². The molecule has 2 amide bonds. The second kappa shape index (κ2) is 8.73. The van der Waals surface area contributed by atoms with Gasteiger partial charge in [-0.15, -0.1) is 0 Å². The predicted octanol–water partition coefficient (Wildman–Crippen LogP) is 3.92. The molecule has 0 bridgehead atoms. The molecule has 0 atom stereocenters. The van der Waals surface area contributed by atoms with E-state index in [4.69, 9.17) is 9.47 Å². The monoisotopic (exact) mass is 448 g/mol. The van der Waals surface area contributed by atoms with Crippen molar-refractivity contribution in [3.8, 4) is 11.5 Å². The summed E-state index contributed by atoms with van der Waals surface area (Å²) in [6, 6.07) is 13.7. The summed E-state index contributed by atoms with van der Waals surface area (Å²) in [7, 11) is 3.16.